The van der Waals surface area contributed by atoms with Gasteiger partial charge in [-0.3, -0.25) is 4.79 Å². The van der Waals surface area contributed by atoms with E-state index in [9.17, 15) is 14.7 Å². The molecule has 3 rings (SSSR count). The summed E-state index contributed by atoms with van der Waals surface area (Å²) in [6, 6.07) is 14.1. The van der Waals surface area contributed by atoms with Gasteiger partial charge in [0.2, 0.25) is 0 Å². The largest absolute Gasteiger partial charge is 0.388 e. The Bertz CT molecular complexity index is 818. The first kappa shape index (κ1) is 17.9. The molecule has 1 atom stereocenters. The number of aliphatic hydroxyl groups is 1. The highest BCUT2D eigenvalue weighted by molar-refractivity contribution is 6.04. The van der Waals surface area contributed by atoms with Gasteiger partial charge in [-0.2, -0.15) is 0 Å². The maximum Gasteiger partial charge on any atom is 0.321 e. The van der Waals surface area contributed by atoms with Crippen LogP contribution in [0, 0.1) is 6.92 Å². The molecule has 0 spiro atoms. The topological polar surface area (TPSA) is 81.7 Å². The molecule has 1 saturated heterocycles. The molecule has 0 aromatic heterocycles. The van der Waals surface area contributed by atoms with Gasteiger partial charge in [0.25, 0.3) is 5.91 Å². The Morgan fingerprint density at radius 2 is 1.85 bits per heavy atom. The van der Waals surface area contributed by atoms with Gasteiger partial charge >= 0.3 is 6.03 Å². The molecule has 0 unspecified atom stereocenters. The lowest BCUT2D eigenvalue weighted by Gasteiger charge is -2.20. The number of nitrogens with one attached hydrogen (secondary N) is 2. The number of hydrogen-bond acceptors (Lipinski definition) is 3. The number of β-amino-alcohol motifs (C(OH)–C–C–N with tert-alkyl or cyclic N) is 1. The second-order valence-corrected chi connectivity index (χ2v) is 6.95. The molecule has 1 fully saturated rings. The lowest BCUT2D eigenvalue weighted by atomic mass is 10.1. The number of urea groups is 1. The summed E-state index contributed by atoms with van der Waals surface area (Å²) in [4.78, 5) is 26.3. The minimum atomic E-state index is -0.835. The summed E-state index contributed by atoms with van der Waals surface area (Å²) in [6.07, 6.45) is 0.562. The number of carbonyl (C=O) groups is 2. The van der Waals surface area contributed by atoms with Gasteiger partial charge in [-0.15, -0.1) is 0 Å². The van der Waals surface area contributed by atoms with Crippen LogP contribution in [0.3, 0.4) is 0 Å². The van der Waals surface area contributed by atoms with Crippen LogP contribution in [0.25, 0.3) is 0 Å². The van der Waals surface area contributed by atoms with Gasteiger partial charge in [-0.1, -0.05) is 24.3 Å². The maximum absolute atomic E-state index is 12.4. The molecule has 0 saturated carbocycles. The van der Waals surface area contributed by atoms with E-state index in [1.807, 2.05) is 19.1 Å². The first-order valence-corrected chi connectivity index (χ1v) is 8.59. The van der Waals surface area contributed by atoms with E-state index in [1.54, 1.807) is 48.2 Å². The molecule has 6 heteroatoms. The van der Waals surface area contributed by atoms with E-state index in [0.29, 0.717) is 36.4 Å². The van der Waals surface area contributed by atoms with Crippen LogP contribution in [0.5, 0.6) is 0 Å². The quantitative estimate of drug-likeness (QED) is 0.792. The minimum Gasteiger partial charge on any atom is -0.388 e. The van der Waals surface area contributed by atoms with Gasteiger partial charge < -0.3 is 20.6 Å². The van der Waals surface area contributed by atoms with E-state index < -0.39 is 5.60 Å². The van der Waals surface area contributed by atoms with Crippen molar-refractivity contribution in [1.82, 2.24) is 4.90 Å². The fourth-order valence-electron chi connectivity index (χ4n) is 2.94. The van der Waals surface area contributed by atoms with Crippen LogP contribution in [0.4, 0.5) is 16.2 Å². The Balaban J connectivity index is 1.70. The molecule has 3 amide bonds. The Morgan fingerprint density at radius 3 is 2.50 bits per heavy atom. The van der Waals surface area contributed by atoms with E-state index in [2.05, 4.69) is 10.6 Å². The molecule has 1 heterocycles. The standard InChI is InChI=1S/C20H23N3O3/c1-14-8-9-16(21-18(24)15-6-4-3-5-7-15)12-17(14)22-19(25)23-11-10-20(2,26)13-23/h3-9,12,26H,10-11,13H2,1-2H3,(H,21,24)(H,22,25)/t20-/m0/s1. The highest BCUT2D eigenvalue weighted by Crippen LogP contribution is 2.24. The number of likely N-dealkylation sites (tertiary alicyclic amines) is 1. The minimum absolute atomic E-state index is 0.206. The molecule has 1 aliphatic rings. The molecular formula is C20H23N3O3. The van der Waals surface area contributed by atoms with Gasteiger partial charge in [0.1, 0.15) is 0 Å². The predicted molar refractivity (Wildman–Crippen MR) is 101 cm³/mol. The van der Waals surface area contributed by atoms with Crippen molar-refractivity contribution in [2.75, 3.05) is 23.7 Å². The Labute approximate surface area is 152 Å². The molecule has 2 aromatic carbocycles. The van der Waals surface area contributed by atoms with Crippen LogP contribution in [0.1, 0.15) is 29.3 Å². The number of hydrogen-bond donors (Lipinski definition) is 3. The molecule has 136 valence electrons. The summed E-state index contributed by atoms with van der Waals surface area (Å²) in [5.41, 5.74) is 1.86. The number of aryl methyl sites for hydroxylation is 1. The van der Waals surface area contributed by atoms with Crippen LogP contribution in [-0.4, -0.2) is 40.6 Å². The van der Waals surface area contributed by atoms with Crippen LogP contribution in [-0.2, 0) is 0 Å². The summed E-state index contributed by atoms with van der Waals surface area (Å²) in [6.45, 7) is 4.44. The van der Waals surface area contributed by atoms with E-state index in [0.717, 1.165) is 5.56 Å². The number of nitrogens with zero attached hydrogens (tertiary/aromatic N) is 1. The van der Waals surface area contributed by atoms with Crippen LogP contribution in [0.15, 0.2) is 48.5 Å². The Kier molecular flexibility index (Phi) is 4.95. The molecule has 3 N–H and O–H groups in total. The first-order chi connectivity index (χ1) is 12.3. The summed E-state index contributed by atoms with van der Waals surface area (Å²) in [5.74, 6) is -0.206. The molecule has 1 aliphatic heterocycles. The Morgan fingerprint density at radius 1 is 1.12 bits per heavy atom. The van der Waals surface area contributed by atoms with Gasteiger partial charge in [-0.25, -0.2) is 4.79 Å². The van der Waals surface area contributed by atoms with Crippen molar-refractivity contribution >= 4 is 23.3 Å². The van der Waals surface area contributed by atoms with Crippen molar-refractivity contribution in [3.05, 3.63) is 59.7 Å². The van der Waals surface area contributed by atoms with E-state index >= 15 is 0 Å². The van der Waals surface area contributed by atoms with Crippen LogP contribution >= 0.6 is 0 Å². The third-order valence-corrected chi connectivity index (χ3v) is 4.51. The fourth-order valence-corrected chi connectivity index (χ4v) is 2.94. The van der Waals surface area contributed by atoms with Crippen molar-refractivity contribution in [1.29, 1.82) is 0 Å². The number of rotatable bonds is 3. The normalized spacial score (nSPS) is 19.3. The predicted octanol–water partition coefficient (Wildman–Crippen LogP) is 3.24. The lowest BCUT2D eigenvalue weighted by molar-refractivity contribution is 0.0727. The molecule has 0 bridgehead atoms. The van der Waals surface area contributed by atoms with Gasteiger partial charge in [0.15, 0.2) is 0 Å². The van der Waals surface area contributed by atoms with Crippen LogP contribution < -0.4 is 10.6 Å². The van der Waals surface area contributed by atoms with Gasteiger partial charge in [0.05, 0.1) is 12.1 Å². The van der Waals surface area contributed by atoms with E-state index in [1.165, 1.54) is 0 Å². The molecular weight excluding hydrogens is 330 g/mol. The molecule has 2 aromatic rings. The van der Waals surface area contributed by atoms with Crippen molar-refractivity contribution in [3.63, 3.8) is 0 Å². The van der Waals surface area contributed by atoms with Gasteiger partial charge in [-0.05, 0) is 50.1 Å². The molecule has 0 radical (unpaired) electrons. The zero-order valence-corrected chi connectivity index (χ0v) is 15.0. The molecule has 6 nitrogen and oxygen atoms in total. The third kappa shape index (κ3) is 4.21. The number of benzene rings is 2. The average molecular weight is 353 g/mol. The second-order valence-electron chi connectivity index (χ2n) is 6.95. The van der Waals surface area contributed by atoms with Crippen molar-refractivity contribution in [2.24, 2.45) is 0 Å². The van der Waals surface area contributed by atoms with Crippen LogP contribution in [0.2, 0.25) is 0 Å². The third-order valence-electron chi connectivity index (χ3n) is 4.51. The summed E-state index contributed by atoms with van der Waals surface area (Å²) >= 11 is 0. The maximum atomic E-state index is 12.4. The summed E-state index contributed by atoms with van der Waals surface area (Å²) in [5, 5.41) is 15.7. The van der Waals surface area contributed by atoms with E-state index in [-0.39, 0.29) is 11.9 Å². The number of anilines is 2. The highest BCUT2D eigenvalue weighted by Gasteiger charge is 2.34. The number of carbonyl (C=O) groups excluding carboxylic acids is 2. The smallest absolute Gasteiger partial charge is 0.321 e. The molecule has 26 heavy (non-hydrogen) atoms. The average Bonchev–Trinajstić information content (AvgIpc) is 2.98. The zero-order valence-electron chi connectivity index (χ0n) is 15.0. The van der Waals surface area contributed by atoms with Gasteiger partial charge in [0, 0.05) is 23.5 Å². The fraction of sp³-hybridized carbons (Fsp3) is 0.300. The monoisotopic (exact) mass is 353 g/mol. The van der Waals surface area contributed by atoms with Crippen molar-refractivity contribution < 1.29 is 14.7 Å². The van der Waals surface area contributed by atoms with Crippen molar-refractivity contribution in [2.45, 2.75) is 25.9 Å². The van der Waals surface area contributed by atoms with E-state index in [4.69, 9.17) is 0 Å². The second kappa shape index (κ2) is 7.17. The number of amides is 3. The zero-order chi connectivity index (χ0) is 18.7. The first-order valence-electron chi connectivity index (χ1n) is 8.59. The SMILES string of the molecule is Cc1ccc(NC(=O)c2ccccc2)cc1NC(=O)N1CC[C@](C)(O)C1. The highest BCUT2D eigenvalue weighted by atomic mass is 16.3. The Hall–Kier alpha value is -2.86. The summed E-state index contributed by atoms with van der Waals surface area (Å²) in [7, 11) is 0. The molecule has 0 aliphatic carbocycles. The van der Waals surface area contributed by atoms with Crippen molar-refractivity contribution in [3.8, 4) is 0 Å². The summed E-state index contributed by atoms with van der Waals surface area (Å²) < 4.78 is 0. The lowest BCUT2D eigenvalue weighted by Crippen LogP contribution is -2.36.